The van der Waals surface area contributed by atoms with E-state index in [1.807, 2.05) is 70.2 Å². The fourth-order valence-corrected chi connectivity index (χ4v) is 4.66. The van der Waals surface area contributed by atoms with Gasteiger partial charge in [-0.3, -0.25) is 9.63 Å². The normalized spacial score (nSPS) is 14.4. The van der Waals surface area contributed by atoms with Gasteiger partial charge in [-0.2, -0.15) is 0 Å². The molecule has 0 saturated heterocycles. The molecule has 0 spiro atoms. The van der Waals surface area contributed by atoms with E-state index in [4.69, 9.17) is 4.84 Å². The molecule has 0 aliphatic rings. The molecule has 0 aromatic heterocycles. The fourth-order valence-electron chi connectivity index (χ4n) is 3.27. The summed E-state index contributed by atoms with van der Waals surface area (Å²) in [5.41, 5.74) is 3.98. The third-order valence-electron chi connectivity index (χ3n) is 4.66. The zero-order valence-electron chi connectivity index (χ0n) is 16.8. The van der Waals surface area contributed by atoms with Gasteiger partial charge in [-0.1, -0.05) is 55.0 Å². The Balaban J connectivity index is 2.38. The van der Waals surface area contributed by atoms with Gasteiger partial charge in [0.1, 0.15) is 11.0 Å². The van der Waals surface area contributed by atoms with Crippen LogP contribution in [0.25, 0.3) is 0 Å². The first-order valence-corrected chi connectivity index (χ1v) is 10.0. The van der Waals surface area contributed by atoms with Gasteiger partial charge in [0, 0.05) is 7.05 Å². The summed E-state index contributed by atoms with van der Waals surface area (Å²) in [6.07, 6.45) is 0. The number of nitrogens with one attached hydrogen (secondary N) is 1. The van der Waals surface area contributed by atoms with Crippen molar-refractivity contribution in [3.63, 3.8) is 0 Å². The van der Waals surface area contributed by atoms with Gasteiger partial charge in [-0.05, 0) is 37.5 Å². The van der Waals surface area contributed by atoms with Crippen LogP contribution in [-0.4, -0.2) is 29.3 Å². The molecule has 0 saturated carbocycles. The van der Waals surface area contributed by atoms with Crippen LogP contribution in [0.15, 0.2) is 47.4 Å². The van der Waals surface area contributed by atoms with E-state index in [9.17, 15) is 9.00 Å². The molecule has 1 N–H and O–H groups in total. The first kappa shape index (κ1) is 21.3. The molecule has 5 nitrogen and oxygen atoms in total. The third-order valence-corrected chi connectivity index (χ3v) is 6.14. The highest BCUT2D eigenvalue weighted by atomic mass is 32.2. The smallest absolute Gasteiger partial charge is 0.250 e. The lowest BCUT2D eigenvalue weighted by molar-refractivity contribution is -0.173. The van der Waals surface area contributed by atoms with Gasteiger partial charge in [0.25, 0.3) is 5.91 Å². The van der Waals surface area contributed by atoms with Gasteiger partial charge in [-0.15, -0.1) is 0 Å². The average Bonchev–Trinajstić information content (AvgIpc) is 2.64. The summed E-state index contributed by atoms with van der Waals surface area (Å²) in [6.45, 7) is 7.75. The average molecular weight is 389 g/mol. The van der Waals surface area contributed by atoms with Crippen LogP contribution in [-0.2, 0) is 20.6 Å². The molecule has 2 aromatic carbocycles. The number of hydrogen-bond acceptors (Lipinski definition) is 3. The molecule has 0 heterocycles. The zero-order valence-corrected chi connectivity index (χ0v) is 17.6. The molecule has 27 heavy (non-hydrogen) atoms. The number of benzene rings is 2. The minimum atomic E-state index is -1.46. The lowest BCUT2D eigenvalue weighted by Gasteiger charge is -2.27. The topological polar surface area (TPSA) is 58.6 Å². The van der Waals surface area contributed by atoms with Crippen molar-refractivity contribution in [3.05, 3.63) is 64.7 Å². The van der Waals surface area contributed by atoms with Gasteiger partial charge in [0.2, 0.25) is 0 Å². The first-order chi connectivity index (χ1) is 12.8. The Kier molecular flexibility index (Phi) is 7.30. The number of hydrogen-bond donors (Lipinski definition) is 1. The van der Waals surface area contributed by atoms with Crippen molar-refractivity contribution in [2.45, 2.75) is 38.6 Å². The molecule has 0 fully saturated rings. The summed E-state index contributed by atoms with van der Waals surface area (Å²) >= 11 is 0. The van der Waals surface area contributed by atoms with E-state index in [0.717, 1.165) is 27.1 Å². The lowest BCUT2D eigenvalue weighted by Crippen LogP contribution is -2.39. The van der Waals surface area contributed by atoms with Crippen LogP contribution in [0.4, 0.5) is 0 Å². The van der Waals surface area contributed by atoms with Crippen molar-refractivity contribution in [1.82, 2.24) is 9.79 Å². The van der Waals surface area contributed by atoms with Crippen molar-refractivity contribution in [1.29, 1.82) is 0 Å². The molecular weight excluding hydrogens is 360 g/mol. The Hall–Kier alpha value is -2.02. The van der Waals surface area contributed by atoms with Crippen molar-refractivity contribution in [3.8, 4) is 0 Å². The van der Waals surface area contributed by atoms with Crippen LogP contribution in [0.5, 0.6) is 0 Å². The van der Waals surface area contributed by atoms with E-state index in [1.165, 1.54) is 12.2 Å². The Labute approximate surface area is 164 Å². The second-order valence-corrected chi connectivity index (χ2v) is 7.99. The number of aryl methyl sites for hydroxylation is 3. The second kappa shape index (κ2) is 9.26. The molecule has 0 aliphatic heterocycles. The highest BCUT2D eigenvalue weighted by Gasteiger charge is 2.30. The SMILES string of the molecule is CON(C)C(=O)[C@@H](C)[C@@H](NS(=O)c1c(C)cc(C)cc1C)c1ccccc1. The Morgan fingerprint density at radius 3 is 2.19 bits per heavy atom. The molecule has 2 aromatic rings. The van der Waals surface area contributed by atoms with E-state index in [1.54, 1.807) is 7.05 Å². The standard InChI is InChI=1S/C21H28N2O3S/c1-14-12-15(2)20(16(3)13-14)27(25)22-19(18-10-8-7-9-11-18)17(4)21(24)23(5)26-6/h7-13,17,19,22H,1-6H3/t17-,19+,27?/m0/s1. The van der Waals surface area contributed by atoms with E-state index in [-0.39, 0.29) is 5.91 Å². The second-order valence-electron chi connectivity index (χ2n) is 6.81. The summed E-state index contributed by atoms with van der Waals surface area (Å²) in [6, 6.07) is 13.2. The van der Waals surface area contributed by atoms with E-state index in [2.05, 4.69) is 4.72 Å². The number of nitrogens with zero attached hydrogens (tertiary/aromatic N) is 1. The molecule has 6 heteroatoms. The number of amides is 1. The van der Waals surface area contributed by atoms with E-state index < -0.39 is 22.9 Å². The van der Waals surface area contributed by atoms with Crippen LogP contribution in [0.1, 0.15) is 35.2 Å². The predicted octanol–water partition coefficient (Wildman–Crippen LogP) is 3.62. The molecule has 146 valence electrons. The lowest BCUT2D eigenvalue weighted by atomic mass is 9.94. The Morgan fingerprint density at radius 2 is 1.67 bits per heavy atom. The highest BCUT2D eigenvalue weighted by Crippen LogP contribution is 2.27. The molecule has 2 rings (SSSR count). The van der Waals surface area contributed by atoms with Crippen LogP contribution in [0, 0.1) is 26.7 Å². The van der Waals surface area contributed by atoms with Crippen molar-refractivity contribution < 1.29 is 13.8 Å². The van der Waals surface area contributed by atoms with Gasteiger partial charge in [-0.25, -0.2) is 14.0 Å². The molecule has 3 atom stereocenters. The summed E-state index contributed by atoms with van der Waals surface area (Å²) in [4.78, 5) is 18.5. The maximum Gasteiger partial charge on any atom is 0.250 e. The summed E-state index contributed by atoms with van der Waals surface area (Å²) in [5.74, 6) is -0.652. The molecule has 0 radical (unpaired) electrons. The molecule has 0 bridgehead atoms. The largest absolute Gasteiger partial charge is 0.275 e. The monoisotopic (exact) mass is 388 g/mol. The van der Waals surface area contributed by atoms with Gasteiger partial charge in [0.05, 0.1) is 24.0 Å². The number of carbonyl (C=O) groups is 1. The number of rotatable bonds is 7. The Morgan fingerprint density at radius 1 is 1.11 bits per heavy atom. The number of carbonyl (C=O) groups excluding carboxylic acids is 1. The van der Waals surface area contributed by atoms with Gasteiger partial charge >= 0.3 is 0 Å². The van der Waals surface area contributed by atoms with E-state index in [0.29, 0.717) is 0 Å². The van der Waals surface area contributed by atoms with Crippen molar-refractivity contribution >= 4 is 16.9 Å². The molecule has 1 amide bonds. The third kappa shape index (κ3) is 5.03. The minimum Gasteiger partial charge on any atom is -0.275 e. The summed E-state index contributed by atoms with van der Waals surface area (Å²) < 4.78 is 16.4. The maximum atomic E-state index is 13.2. The first-order valence-electron chi connectivity index (χ1n) is 8.88. The van der Waals surface area contributed by atoms with Gasteiger partial charge < -0.3 is 0 Å². The van der Waals surface area contributed by atoms with Crippen molar-refractivity contribution in [2.75, 3.05) is 14.2 Å². The highest BCUT2D eigenvalue weighted by molar-refractivity contribution is 7.83. The van der Waals surface area contributed by atoms with Crippen molar-refractivity contribution in [2.24, 2.45) is 5.92 Å². The van der Waals surface area contributed by atoms with Crippen LogP contribution < -0.4 is 4.72 Å². The van der Waals surface area contributed by atoms with E-state index >= 15 is 0 Å². The number of hydroxylamine groups is 2. The van der Waals surface area contributed by atoms with Crippen LogP contribution >= 0.6 is 0 Å². The molecule has 1 unspecified atom stereocenters. The Bertz CT molecular complexity index is 800. The minimum absolute atomic E-state index is 0.187. The zero-order chi connectivity index (χ0) is 20.1. The quantitative estimate of drug-likeness (QED) is 0.737. The molecule has 0 aliphatic carbocycles. The molecular formula is C21H28N2O3S. The van der Waals surface area contributed by atoms with Crippen LogP contribution in [0.2, 0.25) is 0 Å². The fraction of sp³-hybridized carbons (Fsp3) is 0.381. The summed E-state index contributed by atoms with van der Waals surface area (Å²) in [5, 5.41) is 1.20. The summed E-state index contributed by atoms with van der Waals surface area (Å²) in [7, 11) is 1.57. The van der Waals surface area contributed by atoms with Gasteiger partial charge in [0.15, 0.2) is 0 Å². The maximum absolute atomic E-state index is 13.2. The van der Waals surface area contributed by atoms with Crippen LogP contribution in [0.3, 0.4) is 0 Å². The predicted molar refractivity (Wildman–Crippen MR) is 108 cm³/mol.